The van der Waals surface area contributed by atoms with Crippen molar-refractivity contribution < 1.29 is 14.3 Å². The summed E-state index contributed by atoms with van der Waals surface area (Å²) in [7, 11) is 1.58. The summed E-state index contributed by atoms with van der Waals surface area (Å²) in [5.41, 5.74) is 1.63. The molecule has 6 heteroatoms. The minimum atomic E-state index is -0.258. The number of hydrogen-bond acceptors (Lipinski definition) is 3. The number of anilines is 1. The van der Waals surface area contributed by atoms with Crippen molar-refractivity contribution in [2.75, 3.05) is 25.6 Å². The van der Waals surface area contributed by atoms with Gasteiger partial charge in [-0.15, -0.1) is 0 Å². The molecule has 5 nitrogen and oxygen atoms in total. The van der Waals surface area contributed by atoms with Gasteiger partial charge in [-0.1, -0.05) is 17.7 Å². The molecule has 1 fully saturated rings. The summed E-state index contributed by atoms with van der Waals surface area (Å²) in [5.74, 6) is -0.713. The molecule has 2 atom stereocenters. The van der Waals surface area contributed by atoms with Gasteiger partial charge < -0.3 is 15.4 Å². The molecule has 1 aromatic rings. The number of amides is 2. The summed E-state index contributed by atoms with van der Waals surface area (Å²) < 4.78 is 4.86. The lowest BCUT2D eigenvalue weighted by atomic mass is 10.2. The topological polar surface area (TPSA) is 67.4 Å². The zero-order chi connectivity index (χ0) is 15.4. The number of ether oxygens (including phenoxy) is 1. The fraction of sp³-hybridized carbons (Fsp3) is 0.467. The second-order valence-corrected chi connectivity index (χ2v) is 5.62. The molecule has 0 aromatic heterocycles. The minimum Gasteiger partial charge on any atom is -0.383 e. The number of rotatable bonds is 6. The average molecular weight is 311 g/mol. The van der Waals surface area contributed by atoms with Gasteiger partial charge in [-0.3, -0.25) is 9.59 Å². The Morgan fingerprint density at radius 3 is 2.76 bits per heavy atom. The number of nitrogens with one attached hydrogen (secondary N) is 2. The van der Waals surface area contributed by atoms with E-state index in [1.807, 2.05) is 13.0 Å². The fourth-order valence-electron chi connectivity index (χ4n) is 2.14. The second kappa shape index (κ2) is 6.91. The van der Waals surface area contributed by atoms with Crippen LogP contribution in [-0.2, 0) is 14.3 Å². The van der Waals surface area contributed by atoms with Crippen molar-refractivity contribution in [3.05, 3.63) is 28.8 Å². The average Bonchev–Trinajstić information content (AvgIpc) is 3.23. The SMILES string of the molecule is COCCNC(=O)C1CC1C(=O)Nc1cc(Cl)ccc1C. The van der Waals surface area contributed by atoms with Crippen molar-refractivity contribution >= 4 is 29.1 Å². The normalized spacial score (nSPS) is 20.0. The molecular weight excluding hydrogens is 292 g/mol. The van der Waals surface area contributed by atoms with Gasteiger partial charge in [0.1, 0.15) is 0 Å². The zero-order valence-corrected chi connectivity index (χ0v) is 12.9. The summed E-state index contributed by atoms with van der Waals surface area (Å²) >= 11 is 5.92. The maximum atomic E-state index is 12.1. The van der Waals surface area contributed by atoms with Gasteiger partial charge in [0, 0.05) is 24.4 Å². The molecule has 2 N–H and O–H groups in total. The van der Waals surface area contributed by atoms with Gasteiger partial charge in [-0.2, -0.15) is 0 Å². The van der Waals surface area contributed by atoms with E-state index in [2.05, 4.69) is 10.6 Å². The van der Waals surface area contributed by atoms with Crippen LogP contribution in [0.3, 0.4) is 0 Å². The van der Waals surface area contributed by atoms with E-state index in [-0.39, 0.29) is 23.7 Å². The number of methoxy groups -OCH3 is 1. The van der Waals surface area contributed by atoms with Gasteiger partial charge >= 0.3 is 0 Å². The molecule has 0 aliphatic heterocycles. The van der Waals surface area contributed by atoms with E-state index in [0.29, 0.717) is 30.3 Å². The lowest BCUT2D eigenvalue weighted by Gasteiger charge is -2.09. The van der Waals surface area contributed by atoms with Crippen LogP contribution in [0.4, 0.5) is 5.69 Å². The van der Waals surface area contributed by atoms with Crippen molar-refractivity contribution in [1.29, 1.82) is 0 Å². The van der Waals surface area contributed by atoms with Crippen LogP contribution in [0.1, 0.15) is 12.0 Å². The Labute approximate surface area is 129 Å². The van der Waals surface area contributed by atoms with Gasteiger partial charge in [-0.25, -0.2) is 0 Å². The van der Waals surface area contributed by atoms with E-state index in [1.54, 1.807) is 19.2 Å². The van der Waals surface area contributed by atoms with Crippen LogP contribution in [0.2, 0.25) is 5.02 Å². The fourth-order valence-corrected chi connectivity index (χ4v) is 2.31. The Hall–Kier alpha value is -1.59. The monoisotopic (exact) mass is 310 g/mol. The molecular formula is C15H19ClN2O3. The number of halogens is 1. The van der Waals surface area contributed by atoms with E-state index < -0.39 is 0 Å². The largest absolute Gasteiger partial charge is 0.383 e. The first-order valence-electron chi connectivity index (χ1n) is 6.86. The van der Waals surface area contributed by atoms with Crippen molar-refractivity contribution in [2.24, 2.45) is 11.8 Å². The van der Waals surface area contributed by atoms with Crippen LogP contribution >= 0.6 is 11.6 Å². The van der Waals surface area contributed by atoms with Crippen LogP contribution in [-0.4, -0.2) is 32.1 Å². The molecule has 1 saturated carbocycles. The molecule has 2 amide bonds. The minimum absolute atomic E-state index is 0.0879. The Balaban J connectivity index is 1.86. The van der Waals surface area contributed by atoms with Gasteiger partial charge in [0.15, 0.2) is 0 Å². The van der Waals surface area contributed by atoms with Crippen LogP contribution < -0.4 is 10.6 Å². The molecule has 2 unspecified atom stereocenters. The summed E-state index contributed by atoms with van der Waals surface area (Å²) in [6.45, 7) is 2.83. The first-order chi connectivity index (χ1) is 10.0. The van der Waals surface area contributed by atoms with Crippen molar-refractivity contribution in [3.63, 3.8) is 0 Å². The predicted octanol–water partition coefficient (Wildman–Crippen LogP) is 1.99. The van der Waals surface area contributed by atoms with Crippen molar-refractivity contribution in [3.8, 4) is 0 Å². The predicted molar refractivity (Wildman–Crippen MR) is 81.3 cm³/mol. The highest BCUT2D eigenvalue weighted by Gasteiger charge is 2.47. The lowest BCUT2D eigenvalue weighted by Crippen LogP contribution is -2.30. The maximum absolute atomic E-state index is 12.1. The summed E-state index contributed by atoms with van der Waals surface area (Å²) in [4.78, 5) is 23.9. The summed E-state index contributed by atoms with van der Waals surface area (Å²) in [5, 5.41) is 6.16. The summed E-state index contributed by atoms with van der Waals surface area (Å²) in [6.07, 6.45) is 0.588. The molecule has 2 rings (SSSR count). The molecule has 114 valence electrons. The smallest absolute Gasteiger partial charge is 0.228 e. The Morgan fingerprint density at radius 1 is 1.33 bits per heavy atom. The van der Waals surface area contributed by atoms with Crippen LogP contribution in [0.25, 0.3) is 0 Å². The first kappa shape index (κ1) is 15.8. The molecule has 21 heavy (non-hydrogen) atoms. The maximum Gasteiger partial charge on any atom is 0.228 e. The van der Waals surface area contributed by atoms with E-state index in [9.17, 15) is 9.59 Å². The molecule has 0 saturated heterocycles. The molecule has 0 bridgehead atoms. The molecule has 1 aliphatic carbocycles. The third-order valence-corrected chi connectivity index (χ3v) is 3.76. The molecule has 1 aliphatic rings. The van der Waals surface area contributed by atoms with Crippen molar-refractivity contribution in [2.45, 2.75) is 13.3 Å². The molecule has 0 radical (unpaired) electrons. The van der Waals surface area contributed by atoms with Crippen LogP contribution in [0, 0.1) is 18.8 Å². The molecule has 0 heterocycles. The quantitative estimate of drug-likeness (QED) is 0.790. The lowest BCUT2D eigenvalue weighted by molar-refractivity contribution is -0.125. The summed E-state index contributed by atoms with van der Waals surface area (Å²) in [6, 6.07) is 5.33. The van der Waals surface area contributed by atoms with E-state index in [0.717, 1.165) is 5.56 Å². The van der Waals surface area contributed by atoms with Gasteiger partial charge in [-0.05, 0) is 31.0 Å². The Morgan fingerprint density at radius 2 is 2.05 bits per heavy atom. The first-order valence-corrected chi connectivity index (χ1v) is 7.24. The van der Waals surface area contributed by atoms with Gasteiger partial charge in [0.05, 0.1) is 18.4 Å². The molecule has 0 spiro atoms. The highest BCUT2D eigenvalue weighted by Crippen LogP contribution is 2.39. The van der Waals surface area contributed by atoms with Crippen LogP contribution in [0.5, 0.6) is 0 Å². The number of benzene rings is 1. The van der Waals surface area contributed by atoms with Gasteiger partial charge in [0.2, 0.25) is 11.8 Å². The van der Waals surface area contributed by atoms with E-state index in [1.165, 1.54) is 0 Å². The van der Waals surface area contributed by atoms with Crippen LogP contribution in [0.15, 0.2) is 18.2 Å². The number of hydrogen-bond donors (Lipinski definition) is 2. The zero-order valence-electron chi connectivity index (χ0n) is 12.1. The van der Waals surface area contributed by atoms with Gasteiger partial charge in [0.25, 0.3) is 0 Å². The van der Waals surface area contributed by atoms with E-state index >= 15 is 0 Å². The number of carbonyl (C=O) groups excluding carboxylic acids is 2. The molecule has 1 aromatic carbocycles. The second-order valence-electron chi connectivity index (χ2n) is 5.18. The highest BCUT2D eigenvalue weighted by atomic mass is 35.5. The van der Waals surface area contributed by atoms with E-state index in [4.69, 9.17) is 16.3 Å². The standard InChI is InChI=1S/C15H19ClN2O3/c1-9-3-4-10(16)7-13(9)18-15(20)12-8-11(12)14(19)17-5-6-21-2/h3-4,7,11-12H,5-6,8H2,1-2H3,(H,17,19)(H,18,20). The Kier molecular flexibility index (Phi) is 5.20. The number of aryl methyl sites for hydroxylation is 1. The number of carbonyl (C=O) groups is 2. The third-order valence-electron chi connectivity index (χ3n) is 3.53. The Bertz CT molecular complexity index is 548. The third kappa shape index (κ3) is 4.19. The van der Waals surface area contributed by atoms with Crippen molar-refractivity contribution in [1.82, 2.24) is 5.32 Å². The highest BCUT2D eigenvalue weighted by molar-refractivity contribution is 6.31.